The predicted molar refractivity (Wildman–Crippen MR) is 52.8 cm³/mol. The zero-order valence-electron chi connectivity index (χ0n) is 9.73. The molecule has 0 fully saturated rings. The van der Waals surface area contributed by atoms with Crippen LogP contribution in [-0.2, 0) is 22.6 Å². The van der Waals surface area contributed by atoms with E-state index in [0.717, 1.165) is 6.92 Å². The van der Waals surface area contributed by atoms with E-state index in [9.17, 15) is 18.0 Å². The topological polar surface area (TPSA) is 77.2 Å². The van der Waals surface area contributed by atoms with E-state index >= 15 is 0 Å². The third-order valence-electron chi connectivity index (χ3n) is 2.31. The predicted octanol–water partition coefficient (Wildman–Crippen LogP) is 1.17. The minimum absolute atomic E-state index is 0.0183. The molecule has 0 saturated carbocycles. The SMILES string of the molecule is COCc1c(CC(=O)O)nnn1C(C)C(F)(F)F. The molecular weight excluding hydrogens is 255 g/mol. The standard InChI is InChI=1S/C9H12F3N3O3/c1-5(9(10,11)12)15-7(4-18-2)6(13-14-15)3-8(16)17/h5H,3-4H2,1-2H3,(H,16,17). The Morgan fingerprint density at radius 3 is 2.61 bits per heavy atom. The molecule has 1 aromatic rings. The molecule has 0 aliphatic carbocycles. The number of ether oxygens (including phenoxy) is 1. The maximum atomic E-state index is 12.6. The van der Waals surface area contributed by atoms with Gasteiger partial charge in [-0.05, 0) is 6.92 Å². The number of aromatic nitrogens is 3. The molecule has 0 amide bonds. The van der Waals surface area contributed by atoms with Crippen molar-refractivity contribution in [1.82, 2.24) is 15.0 Å². The molecular formula is C9H12F3N3O3. The number of carbonyl (C=O) groups is 1. The molecule has 1 N–H and O–H groups in total. The van der Waals surface area contributed by atoms with Gasteiger partial charge in [-0.25, -0.2) is 4.68 Å². The average Bonchev–Trinajstić information content (AvgIpc) is 2.59. The highest BCUT2D eigenvalue weighted by Crippen LogP contribution is 2.30. The van der Waals surface area contributed by atoms with Crippen LogP contribution in [0.5, 0.6) is 0 Å². The molecule has 0 aliphatic rings. The van der Waals surface area contributed by atoms with Gasteiger partial charge in [0, 0.05) is 7.11 Å². The van der Waals surface area contributed by atoms with Gasteiger partial charge in [0.1, 0.15) is 6.04 Å². The molecule has 1 atom stereocenters. The molecule has 0 radical (unpaired) electrons. The van der Waals surface area contributed by atoms with Crippen LogP contribution in [0.4, 0.5) is 13.2 Å². The summed E-state index contributed by atoms with van der Waals surface area (Å²) >= 11 is 0. The molecule has 102 valence electrons. The van der Waals surface area contributed by atoms with Crippen molar-refractivity contribution in [1.29, 1.82) is 0 Å². The number of alkyl halides is 3. The van der Waals surface area contributed by atoms with Crippen molar-refractivity contribution in [2.45, 2.75) is 32.2 Å². The first-order valence-corrected chi connectivity index (χ1v) is 4.97. The number of rotatable bonds is 5. The molecule has 0 saturated heterocycles. The molecule has 1 heterocycles. The second-order valence-electron chi connectivity index (χ2n) is 3.65. The van der Waals surface area contributed by atoms with Crippen molar-refractivity contribution in [3.63, 3.8) is 0 Å². The monoisotopic (exact) mass is 267 g/mol. The van der Waals surface area contributed by atoms with Crippen molar-refractivity contribution in [2.75, 3.05) is 7.11 Å². The van der Waals surface area contributed by atoms with Crippen LogP contribution in [0.1, 0.15) is 24.4 Å². The fourth-order valence-corrected chi connectivity index (χ4v) is 1.36. The van der Waals surface area contributed by atoms with Crippen LogP contribution in [0.15, 0.2) is 0 Å². The molecule has 0 bridgehead atoms. The number of nitrogens with zero attached hydrogens (tertiary/aromatic N) is 3. The Labute approximate surface area is 100 Å². The quantitative estimate of drug-likeness (QED) is 0.866. The van der Waals surface area contributed by atoms with E-state index in [1.165, 1.54) is 7.11 Å². The highest BCUT2D eigenvalue weighted by molar-refractivity contribution is 5.69. The third kappa shape index (κ3) is 3.19. The van der Waals surface area contributed by atoms with Gasteiger partial charge in [0.25, 0.3) is 0 Å². The van der Waals surface area contributed by atoms with Gasteiger partial charge in [0.05, 0.1) is 24.4 Å². The number of carboxylic acid groups (broad SMARTS) is 1. The van der Waals surface area contributed by atoms with Crippen molar-refractivity contribution < 1.29 is 27.8 Å². The van der Waals surface area contributed by atoms with E-state index in [1.807, 2.05) is 0 Å². The molecule has 0 spiro atoms. The average molecular weight is 267 g/mol. The Balaban J connectivity index is 3.12. The fourth-order valence-electron chi connectivity index (χ4n) is 1.36. The number of methoxy groups -OCH3 is 1. The fraction of sp³-hybridized carbons (Fsp3) is 0.667. The van der Waals surface area contributed by atoms with Crippen molar-refractivity contribution in [3.05, 3.63) is 11.4 Å². The lowest BCUT2D eigenvalue weighted by Gasteiger charge is -2.17. The van der Waals surface area contributed by atoms with Crippen molar-refractivity contribution in [2.24, 2.45) is 0 Å². The van der Waals surface area contributed by atoms with Gasteiger partial charge in [-0.15, -0.1) is 5.10 Å². The number of aliphatic carboxylic acids is 1. The largest absolute Gasteiger partial charge is 0.481 e. The number of carboxylic acids is 1. The lowest BCUT2D eigenvalue weighted by Crippen LogP contribution is -2.26. The number of halogens is 3. The lowest BCUT2D eigenvalue weighted by atomic mass is 10.2. The highest BCUT2D eigenvalue weighted by atomic mass is 19.4. The van der Waals surface area contributed by atoms with E-state index in [-0.39, 0.29) is 18.0 Å². The molecule has 1 aromatic heterocycles. The van der Waals surface area contributed by atoms with Gasteiger partial charge in [-0.1, -0.05) is 5.21 Å². The van der Waals surface area contributed by atoms with Crippen LogP contribution in [0.25, 0.3) is 0 Å². The van der Waals surface area contributed by atoms with E-state index in [0.29, 0.717) is 4.68 Å². The Hall–Kier alpha value is -1.64. The molecule has 1 unspecified atom stereocenters. The third-order valence-corrected chi connectivity index (χ3v) is 2.31. The van der Waals surface area contributed by atoms with E-state index in [4.69, 9.17) is 9.84 Å². The van der Waals surface area contributed by atoms with E-state index < -0.39 is 24.6 Å². The summed E-state index contributed by atoms with van der Waals surface area (Å²) in [6.07, 6.45) is -4.99. The van der Waals surface area contributed by atoms with Crippen molar-refractivity contribution in [3.8, 4) is 0 Å². The molecule has 9 heteroatoms. The summed E-state index contributed by atoms with van der Waals surface area (Å²) in [6.45, 7) is 0.731. The summed E-state index contributed by atoms with van der Waals surface area (Å²) in [7, 11) is 1.29. The highest BCUT2D eigenvalue weighted by Gasteiger charge is 2.39. The summed E-state index contributed by atoms with van der Waals surface area (Å²) in [5, 5.41) is 15.4. The Morgan fingerprint density at radius 1 is 1.56 bits per heavy atom. The van der Waals surface area contributed by atoms with E-state index in [2.05, 4.69) is 10.3 Å². The second-order valence-corrected chi connectivity index (χ2v) is 3.65. The van der Waals surface area contributed by atoms with Gasteiger partial charge < -0.3 is 9.84 Å². The lowest BCUT2D eigenvalue weighted by molar-refractivity contribution is -0.166. The first-order chi connectivity index (χ1) is 8.27. The Kier molecular flexibility index (Phi) is 4.28. The van der Waals surface area contributed by atoms with Crippen LogP contribution in [0.2, 0.25) is 0 Å². The van der Waals surface area contributed by atoms with Crippen LogP contribution in [0.3, 0.4) is 0 Å². The zero-order chi connectivity index (χ0) is 13.9. The van der Waals surface area contributed by atoms with Gasteiger partial charge in [0.2, 0.25) is 0 Å². The summed E-state index contributed by atoms with van der Waals surface area (Å²) < 4.78 is 43.1. The number of hydrogen-bond donors (Lipinski definition) is 1. The molecule has 0 aromatic carbocycles. The number of hydrogen-bond acceptors (Lipinski definition) is 4. The Bertz CT molecular complexity index is 430. The summed E-state index contributed by atoms with van der Waals surface area (Å²) in [6, 6.07) is -1.89. The molecule has 0 aliphatic heterocycles. The maximum absolute atomic E-state index is 12.6. The molecule has 18 heavy (non-hydrogen) atoms. The summed E-state index contributed by atoms with van der Waals surface area (Å²) in [5.41, 5.74) is -0.00910. The van der Waals surface area contributed by atoms with Gasteiger partial charge in [0.15, 0.2) is 0 Å². The zero-order valence-corrected chi connectivity index (χ0v) is 9.73. The molecule has 1 rings (SSSR count). The van der Waals surface area contributed by atoms with Crippen LogP contribution in [-0.4, -0.2) is 39.4 Å². The minimum atomic E-state index is -4.49. The normalized spacial score (nSPS) is 13.6. The minimum Gasteiger partial charge on any atom is -0.481 e. The van der Waals surface area contributed by atoms with Gasteiger partial charge in [-0.3, -0.25) is 4.79 Å². The first-order valence-electron chi connectivity index (χ1n) is 4.97. The maximum Gasteiger partial charge on any atom is 0.410 e. The Morgan fingerprint density at radius 2 is 2.17 bits per heavy atom. The summed E-state index contributed by atoms with van der Waals surface area (Å²) in [4.78, 5) is 10.6. The first kappa shape index (κ1) is 14.4. The van der Waals surface area contributed by atoms with E-state index in [1.54, 1.807) is 0 Å². The molecule has 6 nitrogen and oxygen atoms in total. The van der Waals surface area contributed by atoms with Crippen molar-refractivity contribution >= 4 is 5.97 Å². The van der Waals surface area contributed by atoms with Gasteiger partial charge in [-0.2, -0.15) is 13.2 Å². The smallest absolute Gasteiger partial charge is 0.410 e. The van der Waals surface area contributed by atoms with Crippen LogP contribution < -0.4 is 0 Å². The van der Waals surface area contributed by atoms with Crippen LogP contribution >= 0.6 is 0 Å². The van der Waals surface area contributed by atoms with Gasteiger partial charge >= 0.3 is 12.1 Å². The summed E-state index contributed by atoms with van der Waals surface area (Å²) in [5.74, 6) is -1.20. The van der Waals surface area contributed by atoms with Crippen LogP contribution in [0, 0.1) is 0 Å². The second kappa shape index (κ2) is 5.34.